The lowest BCUT2D eigenvalue weighted by Gasteiger charge is -2.24. The van der Waals surface area contributed by atoms with Gasteiger partial charge in [-0.2, -0.15) is 0 Å². The van der Waals surface area contributed by atoms with Crippen LogP contribution < -0.4 is 0 Å². The molecule has 0 aromatic rings. The largest absolute Gasteiger partial charge is 0.472 e. The predicted molar refractivity (Wildman–Crippen MR) is 141 cm³/mol. The van der Waals surface area contributed by atoms with Crippen molar-refractivity contribution in [3.8, 4) is 0 Å². The Kier molecular flexibility index (Phi) is 21.8. The molecule has 0 saturated heterocycles. The first-order valence-electron chi connectivity index (χ1n) is 13.5. The Balaban J connectivity index is 3.42. The molecule has 0 aromatic carbocycles. The van der Waals surface area contributed by atoms with Crippen molar-refractivity contribution >= 4 is 7.82 Å². The fourth-order valence-corrected chi connectivity index (χ4v) is 4.11. The van der Waals surface area contributed by atoms with E-state index in [-0.39, 0.29) is 19.8 Å². The van der Waals surface area contributed by atoms with Gasteiger partial charge in [-0.25, -0.2) is 4.57 Å². The molecule has 0 aromatic heterocycles. The van der Waals surface area contributed by atoms with Crippen LogP contribution in [0, 0.1) is 0 Å². The highest BCUT2D eigenvalue weighted by molar-refractivity contribution is 7.47. The van der Waals surface area contributed by atoms with Crippen LogP contribution in [0.5, 0.6) is 0 Å². The number of unbranched alkanes of at least 4 members (excludes halogenated alkanes) is 12. The quantitative estimate of drug-likeness (QED) is 0.0657. The minimum atomic E-state index is -4.14. The van der Waals surface area contributed by atoms with Crippen LogP contribution in [0.15, 0.2) is 12.2 Å². The molecule has 0 heterocycles. The number of aliphatic hydroxyl groups excluding tert-OH is 1. The summed E-state index contributed by atoms with van der Waals surface area (Å²) in [7, 11) is 1.75. The van der Waals surface area contributed by atoms with Gasteiger partial charge in [0, 0.05) is 6.61 Å². The molecule has 204 valence electrons. The van der Waals surface area contributed by atoms with E-state index in [4.69, 9.17) is 13.8 Å². The number of quaternary nitrogens is 1. The Morgan fingerprint density at radius 1 is 0.765 bits per heavy atom. The Morgan fingerprint density at radius 3 is 1.85 bits per heavy atom. The molecule has 8 heteroatoms. The van der Waals surface area contributed by atoms with Gasteiger partial charge in [0.25, 0.3) is 0 Å². The van der Waals surface area contributed by atoms with Crippen molar-refractivity contribution in [1.82, 2.24) is 0 Å². The van der Waals surface area contributed by atoms with Crippen molar-refractivity contribution in [1.29, 1.82) is 0 Å². The summed E-state index contributed by atoms with van der Waals surface area (Å²) < 4.78 is 27.6. The molecule has 34 heavy (non-hydrogen) atoms. The minimum Gasteiger partial charge on any atom is -0.388 e. The number of aliphatic hydroxyl groups is 1. The van der Waals surface area contributed by atoms with Gasteiger partial charge in [0.15, 0.2) is 0 Å². The predicted octanol–water partition coefficient (Wildman–Crippen LogP) is 6.24. The smallest absolute Gasteiger partial charge is 0.388 e. The van der Waals surface area contributed by atoms with E-state index in [2.05, 4.69) is 19.1 Å². The Labute approximate surface area is 210 Å². The Bertz CT molecular complexity index is 524. The molecule has 0 spiro atoms. The number of phosphoric ester groups is 1. The second-order valence-electron chi connectivity index (χ2n) is 10.3. The van der Waals surface area contributed by atoms with Crippen LogP contribution in [0.4, 0.5) is 0 Å². The molecule has 0 aliphatic rings. The molecule has 0 saturated carbocycles. The van der Waals surface area contributed by atoms with E-state index >= 15 is 0 Å². The molecule has 0 rings (SSSR count). The first-order valence-corrected chi connectivity index (χ1v) is 15.0. The van der Waals surface area contributed by atoms with Gasteiger partial charge in [-0.1, -0.05) is 76.9 Å². The monoisotopic (exact) mass is 508 g/mol. The summed E-state index contributed by atoms with van der Waals surface area (Å²) in [5, 5.41) is 9.86. The second kappa shape index (κ2) is 22.0. The number of allylic oxidation sites excluding steroid dienone is 2. The molecular formula is C26H55NO6P+. The van der Waals surface area contributed by atoms with E-state index in [1.54, 1.807) is 0 Å². The fourth-order valence-electron chi connectivity index (χ4n) is 3.37. The molecular weight excluding hydrogens is 453 g/mol. The molecule has 7 nitrogen and oxygen atoms in total. The van der Waals surface area contributed by atoms with Gasteiger partial charge in [0.2, 0.25) is 0 Å². The molecule has 2 N–H and O–H groups in total. The van der Waals surface area contributed by atoms with Crippen LogP contribution in [-0.2, 0) is 18.3 Å². The summed E-state index contributed by atoms with van der Waals surface area (Å²) >= 11 is 0. The third-order valence-electron chi connectivity index (χ3n) is 5.56. The third-order valence-corrected chi connectivity index (χ3v) is 6.54. The van der Waals surface area contributed by atoms with Crippen LogP contribution in [0.2, 0.25) is 0 Å². The van der Waals surface area contributed by atoms with Crippen molar-refractivity contribution in [2.75, 3.05) is 54.1 Å². The lowest BCUT2D eigenvalue weighted by molar-refractivity contribution is -0.870. The molecule has 0 radical (unpaired) electrons. The Morgan fingerprint density at radius 2 is 1.29 bits per heavy atom. The minimum absolute atomic E-state index is 0.0894. The first kappa shape index (κ1) is 33.7. The third kappa shape index (κ3) is 26.3. The van der Waals surface area contributed by atoms with Gasteiger partial charge in [-0.15, -0.1) is 0 Å². The lowest BCUT2D eigenvalue weighted by atomic mass is 10.1. The standard InChI is InChI=1S/C26H54NO6P/c1-5-6-7-8-9-10-11-12-13-14-15-16-17-18-19-20-22-31-24-26(28)25-33-34(29,30)32-23-21-27(2,3)4/h10-11,26,28H,5-9,12-25H2,1-4H3/p+1/b11-10+/t26-/m1/s1. The van der Waals surface area contributed by atoms with Crippen LogP contribution in [0.1, 0.15) is 96.8 Å². The van der Waals surface area contributed by atoms with Crippen molar-refractivity contribution in [2.45, 2.75) is 103 Å². The van der Waals surface area contributed by atoms with E-state index in [1.807, 2.05) is 21.1 Å². The van der Waals surface area contributed by atoms with E-state index < -0.39 is 13.9 Å². The average molecular weight is 509 g/mol. The maximum atomic E-state index is 11.8. The van der Waals surface area contributed by atoms with Gasteiger partial charge in [-0.3, -0.25) is 9.05 Å². The summed E-state index contributed by atoms with van der Waals surface area (Å²) in [6, 6.07) is 0. The molecule has 0 fully saturated rings. The average Bonchev–Trinajstić information content (AvgIpc) is 2.76. The van der Waals surface area contributed by atoms with Crippen LogP contribution in [0.25, 0.3) is 0 Å². The summed E-state index contributed by atoms with van der Waals surface area (Å²) in [6.45, 7) is 3.33. The van der Waals surface area contributed by atoms with E-state index in [9.17, 15) is 14.6 Å². The molecule has 0 aliphatic carbocycles. The highest BCUT2D eigenvalue weighted by Crippen LogP contribution is 2.43. The van der Waals surface area contributed by atoms with Gasteiger partial charge in [0.1, 0.15) is 19.3 Å². The molecule has 2 atom stereocenters. The normalized spacial score (nSPS) is 15.1. The van der Waals surface area contributed by atoms with E-state index in [0.29, 0.717) is 17.6 Å². The maximum absolute atomic E-state index is 11.8. The highest BCUT2D eigenvalue weighted by Gasteiger charge is 2.24. The maximum Gasteiger partial charge on any atom is 0.472 e. The zero-order valence-electron chi connectivity index (χ0n) is 22.6. The van der Waals surface area contributed by atoms with Gasteiger partial charge in [-0.05, 0) is 32.1 Å². The zero-order valence-corrected chi connectivity index (χ0v) is 23.5. The van der Waals surface area contributed by atoms with Crippen molar-refractivity contribution in [3.05, 3.63) is 12.2 Å². The summed E-state index contributed by atoms with van der Waals surface area (Å²) in [6.07, 6.45) is 21.4. The molecule has 1 unspecified atom stereocenters. The van der Waals surface area contributed by atoms with E-state index in [0.717, 1.165) is 12.8 Å². The van der Waals surface area contributed by atoms with Gasteiger partial charge in [0.05, 0.1) is 34.4 Å². The fraction of sp³-hybridized carbons (Fsp3) is 0.923. The Hall–Kier alpha value is -0.270. The molecule has 0 amide bonds. The zero-order chi connectivity index (χ0) is 25.5. The van der Waals surface area contributed by atoms with Gasteiger partial charge < -0.3 is 19.2 Å². The number of phosphoric acid groups is 1. The second-order valence-corrected chi connectivity index (χ2v) is 11.7. The number of hydrogen-bond acceptors (Lipinski definition) is 5. The highest BCUT2D eigenvalue weighted by atomic mass is 31.2. The summed E-state index contributed by atoms with van der Waals surface area (Å²) in [4.78, 5) is 9.64. The molecule has 0 aliphatic heterocycles. The van der Waals surface area contributed by atoms with Crippen molar-refractivity contribution in [3.63, 3.8) is 0 Å². The van der Waals surface area contributed by atoms with E-state index in [1.165, 1.54) is 77.0 Å². The van der Waals surface area contributed by atoms with Crippen molar-refractivity contribution < 1.29 is 32.8 Å². The number of hydrogen-bond donors (Lipinski definition) is 2. The topological polar surface area (TPSA) is 85.2 Å². The number of rotatable bonds is 25. The van der Waals surface area contributed by atoms with Gasteiger partial charge >= 0.3 is 7.82 Å². The lowest BCUT2D eigenvalue weighted by Crippen LogP contribution is -2.37. The number of nitrogens with zero attached hydrogens (tertiary/aromatic N) is 1. The summed E-state index contributed by atoms with van der Waals surface area (Å²) in [5.74, 6) is 0. The van der Waals surface area contributed by atoms with Crippen LogP contribution in [0.3, 0.4) is 0 Å². The number of ether oxygens (including phenoxy) is 1. The SMILES string of the molecule is CCCCCC/C=C/CCCCCCCCCCOC[C@@H](O)COP(=O)(O)OCC[N+](C)(C)C. The first-order chi connectivity index (χ1) is 16.2. The van der Waals surface area contributed by atoms with Crippen LogP contribution in [-0.4, -0.2) is 74.7 Å². The summed E-state index contributed by atoms with van der Waals surface area (Å²) in [5.41, 5.74) is 0. The van der Waals surface area contributed by atoms with Crippen LogP contribution >= 0.6 is 7.82 Å². The molecule has 0 bridgehead atoms. The van der Waals surface area contributed by atoms with Crippen molar-refractivity contribution in [2.24, 2.45) is 0 Å². The number of likely N-dealkylation sites (N-methyl/N-ethyl adjacent to an activating group) is 1.